The van der Waals surface area contributed by atoms with Gasteiger partial charge in [0.25, 0.3) is 5.56 Å². The summed E-state index contributed by atoms with van der Waals surface area (Å²) in [5, 5.41) is 14.3. The SMILES string of the molecule is O=c1ccc(C#CCCO)n[nH]1. The van der Waals surface area contributed by atoms with Crippen LogP contribution in [0.15, 0.2) is 16.9 Å². The first kappa shape index (κ1) is 8.50. The lowest BCUT2D eigenvalue weighted by Gasteiger charge is -1.84. The quantitative estimate of drug-likeness (QED) is 0.550. The molecule has 0 bridgehead atoms. The standard InChI is InChI=1S/C8H8N2O2/c11-6-2-1-3-7-4-5-8(12)10-9-7/h4-5,11H,2,6H2,(H,10,12). The number of hydrogen-bond acceptors (Lipinski definition) is 3. The van der Waals surface area contributed by atoms with Crippen LogP contribution < -0.4 is 5.56 Å². The fraction of sp³-hybridized carbons (Fsp3) is 0.250. The number of rotatable bonds is 1. The summed E-state index contributed by atoms with van der Waals surface area (Å²) in [6.45, 7) is 0.0380. The van der Waals surface area contributed by atoms with Gasteiger partial charge in [-0.2, -0.15) is 5.10 Å². The number of aliphatic hydroxyl groups is 1. The predicted molar refractivity (Wildman–Crippen MR) is 43.4 cm³/mol. The average molecular weight is 164 g/mol. The van der Waals surface area contributed by atoms with Crippen LogP contribution in [0.3, 0.4) is 0 Å². The van der Waals surface area contributed by atoms with Gasteiger partial charge in [0.2, 0.25) is 0 Å². The van der Waals surface area contributed by atoms with Crippen LogP contribution in [0.4, 0.5) is 0 Å². The lowest BCUT2D eigenvalue weighted by Crippen LogP contribution is -2.05. The molecule has 1 heterocycles. The molecule has 0 unspecified atom stereocenters. The van der Waals surface area contributed by atoms with E-state index in [1.165, 1.54) is 12.1 Å². The summed E-state index contributed by atoms with van der Waals surface area (Å²) in [4.78, 5) is 10.5. The lowest BCUT2D eigenvalue weighted by atomic mass is 10.3. The molecule has 62 valence electrons. The molecular formula is C8H8N2O2. The molecule has 0 aromatic carbocycles. The highest BCUT2D eigenvalue weighted by Gasteiger charge is 1.85. The van der Waals surface area contributed by atoms with Gasteiger partial charge in [-0.25, -0.2) is 5.10 Å². The van der Waals surface area contributed by atoms with Crippen molar-refractivity contribution in [1.29, 1.82) is 0 Å². The van der Waals surface area contributed by atoms with Crippen molar-refractivity contribution in [3.8, 4) is 11.8 Å². The van der Waals surface area contributed by atoms with Gasteiger partial charge < -0.3 is 5.11 Å². The molecular weight excluding hydrogens is 156 g/mol. The van der Waals surface area contributed by atoms with E-state index in [9.17, 15) is 4.79 Å². The van der Waals surface area contributed by atoms with E-state index in [4.69, 9.17) is 5.11 Å². The van der Waals surface area contributed by atoms with Crippen molar-refractivity contribution in [1.82, 2.24) is 10.2 Å². The molecule has 2 N–H and O–H groups in total. The normalized spacial score (nSPS) is 8.75. The van der Waals surface area contributed by atoms with Crippen LogP contribution >= 0.6 is 0 Å². The highest BCUT2D eigenvalue weighted by atomic mass is 16.2. The second-order valence-corrected chi connectivity index (χ2v) is 2.08. The Kier molecular flexibility index (Phi) is 3.05. The van der Waals surface area contributed by atoms with E-state index >= 15 is 0 Å². The molecule has 0 spiro atoms. The van der Waals surface area contributed by atoms with Gasteiger partial charge in [-0.15, -0.1) is 0 Å². The van der Waals surface area contributed by atoms with Gasteiger partial charge in [-0.3, -0.25) is 4.79 Å². The summed E-state index contributed by atoms with van der Waals surface area (Å²) in [6, 6.07) is 2.89. The van der Waals surface area contributed by atoms with Crippen LogP contribution in [0.25, 0.3) is 0 Å². The highest BCUT2D eigenvalue weighted by Crippen LogP contribution is 1.83. The van der Waals surface area contributed by atoms with Gasteiger partial charge in [0, 0.05) is 12.5 Å². The summed E-state index contributed by atoms with van der Waals surface area (Å²) >= 11 is 0. The molecule has 0 aliphatic rings. The Morgan fingerprint density at radius 1 is 1.58 bits per heavy atom. The zero-order valence-electron chi connectivity index (χ0n) is 6.37. The molecule has 0 amide bonds. The zero-order chi connectivity index (χ0) is 8.81. The number of aliphatic hydroxyl groups excluding tert-OH is 1. The number of nitrogens with one attached hydrogen (secondary N) is 1. The van der Waals surface area contributed by atoms with E-state index in [0.29, 0.717) is 12.1 Å². The minimum absolute atomic E-state index is 0.0380. The molecule has 0 aliphatic heterocycles. The first-order valence-corrected chi connectivity index (χ1v) is 3.48. The molecule has 0 fully saturated rings. The zero-order valence-corrected chi connectivity index (χ0v) is 6.37. The predicted octanol–water partition coefficient (Wildman–Crippen LogP) is -0.496. The molecule has 1 aromatic rings. The van der Waals surface area contributed by atoms with Crippen molar-refractivity contribution < 1.29 is 5.11 Å². The topological polar surface area (TPSA) is 66.0 Å². The maximum atomic E-state index is 10.5. The Bertz CT molecular complexity index is 339. The maximum Gasteiger partial charge on any atom is 0.264 e. The molecule has 1 rings (SSSR count). The Hall–Kier alpha value is -1.60. The third kappa shape index (κ3) is 2.56. The molecule has 0 saturated heterocycles. The Labute approximate surface area is 69.3 Å². The van der Waals surface area contributed by atoms with Crippen molar-refractivity contribution in [2.45, 2.75) is 6.42 Å². The van der Waals surface area contributed by atoms with Crippen LogP contribution in [0.5, 0.6) is 0 Å². The van der Waals surface area contributed by atoms with Gasteiger partial charge in [0.05, 0.1) is 6.61 Å². The summed E-state index contributed by atoms with van der Waals surface area (Å²) in [6.07, 6.45) is 0.417. The van der Waals surface area contributed by atoms with E-state index in [0.717, 1.165) is 0 Å². The number of nitrogens with zero attached hydrogens (tertiary/aromatic N) is 1. The summed E-state index contributed by atoms with van der Waals surface area (Å²) in [5.41, 5.74) is 0.255. The van der Waals surface area contributed by atoms with E-state index in [1.54, 1.807) is 0 Å². The molecule has 4 nitrogen and oxygen atoms in total. The smallest absolute Gasteiger partial charge is 0.264 e. The van der Waals surface area contributed by atoms with Gasteiger partial charge in [0.15, 0.2) is 0 Å². The Morgan fingerprint density at radius 2 is 2.42 bits per heavy atom. The Morgan fingerprint density at radius 3 is 3.00 bits per heavy atom. The molecule has 0 atom stereocenters. The first-order valence-electron chi connectivity index (χ1n) is 3.48. The molecule has 12 heavy (non-hydrogen) atoms. The third-order valence-electron chi connectivity index (χ3n) is 1.13. The molecule has 0 saturated carbocycles. The number of hydrogen-bond donors (Lipinski definition) is 2. The van der Waals surface area contributed by atoms with Gasteiger partial charge in [-0.05, 0) is 12.0 Å². The minimum Gasteiger partial charge on any atom is -0.395 e. The van der Waals surface area contributed by atoms with Crippen molar-refractivity contribution in [3.05, 3.63) is 28.2 Å². The summed E-state index contributed by atoms with van der Waals surface area (Å²) < 4.78 is 0. The Balaban J connectivity index is 2.72. The number of aromatic nitrogens is 2. The minimum atomic E-state index is -0.247. The average Bonchev–Trinajstić information content (AvgIpc) is 2.09. The fourth-order valence-corrected chi connectivity index (χ4v) is 0.623. The van der Waals surface area contributed by atoms with Gasteiger partial charge in [-0.1, -0.05) is 5.92 Å². The molecule has 4 heteroatoms. The summed E-state index contributed by atoms with van der Waals surface area (Å²) in [5.74, 6) is 5.37. The third-order valence-corrected chi connectivity index (χ3v) is 1.13. The fourth-order valence-electron chi connectivity index (χ4n) is 0.623. The lowest BCUT2D eigenvalue weighted by molar-refractivity contribution is 0.305. The maximum absolute atomic E-state index is 10.5. The van der Waals surface area contributed by atoms with E-state index < -0.39 is 0 Å². The van der Waals surface area contributed by atoms with E-state index in [1.807, 2.05) is 0 Å². The van der Waals surface area contributed by atoms with Crippen molar-refractivity contribution >= 4 is 0 Å². The van der Waals surface area contributed by atoms with Gasteiger partial charge in [0.1, 0.15) is 5.69 Å². The molecule has 0 radical (unpaired) electrons. The van der Waals surface area contributed by atoms with Crippen LogP contribution in [-0.2, 0) is 0 Å². The van der Waals surface area contributed by atoms with Crippen LogP contribution in [-0.4, -0.2) is 21.9 Å². The number of H-pyrrole nitrogens is 1. The van der Waals surface area contributed by atoms with Crippen LogP contribution in [0.1, 0.15) is 12.1 Å². The summed E-state index contributed by atoms with van der Waals surface area (Å²) in [7, 11) is 0. The number of aromatic amines is 1. The highest BCUT2D eigenvalue weighted by molar-refractivity contribution is 5.25. The van der Waals surface area contributed by atoms with Gasteiger partial charge >= 0.3 is 0 Å². The van der Waals surface area contributed by atoms with Crippen molar-refractivity contribution in [2.24, 2.45) is 0 Å². The van der Waals surface area contributed by atoms with E-state index in [2.05, 4.69) is 22.0 Å². The van der Waals surface area contributed by atoms with Crippen LogP contribution in [0, 0.1) is 11.8 Å². The van der Waals surface area contributed by atoms with Crippen LogP contribution in [0.2, 0.25) is 0 Å². The molecule has 0 aliphatic carbocycles. The second-order valence-electron chi connectivity index (χ2n) is 2.08. The monoisotopic (exact) mass is 164 g/mol. The molecule has 1 aromatic heterocycles. The van der Waals surface area contributed by atoms with Crippen molar-refractivity contribution in [3.63, 3.8) is 0 Å². The second kappa shape index (κ2) is 4.31. The first-order chi connectivity index (χ1) is 5.83. The largest absolute Gasteiger partial charge is 0.395 e. The van der Waals surface area contributed by atoms with Crippen molar-refractivity contribution in [2.75, 3.05) is 6.61 Å². The van der Waals surface area contributed by atoms with E-state index in [-0.39, 0.29) is 12.2 Å².